The van der Waals surface area contributed by atoms with Crippen LogP contribution >= 0.6 is 0 Å². The minimum absolute atomic E-state index is 0.266. The van der Waals surface area contributed by atoms with Gasteiger partial charge in [0.25, 0.3) is 0 Å². The Hall–Kier alpha value is -2.44. The molecular weight excluding hydrogens is 272 g/mol. The van der Waals surface area contributed by atoms with Crippen LogP contribution in [0.15, 0.2) is 24.4 Å². The van der Waals surface area contributed by atoms with E-state index >= 15 is 0 Å². The van der Waals surface area contributed by atoms with Gasteiger partial charge in [0.2, 0.25) is 11.9 Å². The van der Waals surface area contributed by atoms with Gasteiger partial charge >= 0.3 is 0 Å². The van der Waals surface area contributed by atoms with Crippen LogP contribution in [0.25, 0.3) is 10.9 Å². The van der Waals surface area contributed by atoms with Crippen LogP contribution in [0.2, 0.25) is 0 Å². The summed E-state index contributed by atoms with van der Waals surface area (Å²) >= 11 is 0. The number of fused-ring (bicyclic) bond motifs is 1. The molecule has 1 aromatic carbocycles. The fourth-order valence-electron chi connectivity index (χ4n) is 2.32. The Balaban J connectivity index is 1.75. The summed E-state index contributed by atoms with van der Waals surface area (Å²) in [5.41, 5.74) is 1.50. The summed E-state index contributed by atoms with van der Waals surface area (Å²) in [5.74, 6) is -0.790. The number of nitrogens with one attached hydrogen (secondary N) is 1. The fourth-order valence-corrected chi connectivity index (χ4v) is 2.32. The van der Waals surface area contributed by atoms with Gasteiger partial charge in [0.05, 0.1) is 5.52 Å². The Morgan fingerprint density at radius 2 is 2.29 bits per heavy atom. The zero-order valence-electron chi connectivity index (χ0n) is 11.8. The Labute approximate surface area is 121 Å². The summed E-state index contributed by atoms with van der Waals surface area (Å²) in [4.78, 5) is 22.1. The molecule has 1 saturated carbocycles. The summed E-state index contributed by atoms with van der Waals surface area (Å²) in [6.45, 7) is 4.08. The van der Waals surface area contributed by atoms with Crippen LogP contribution < -0.4 is 5.32 Å². The van der Waals surface area contributed by atoms with Crippen molar-refractivity contribution in [2.75, 3.05) is 5.32 Å². The first-order valence-corrected chi connectivity index (χ1v) is 6.89. The summed E-state index contributed by atoms with van der Waals surface area (Å²) in [5, 5.41) is 18.7. The van der Waals surface area contributed by atoms with Crippen molar-refractivity contribution < 1.29 is 9.72 Å². The molecule has 1 aromatic heterocycles. The highest BCUT2D eigenvalue weighted by Crippen LogP contribution is 2.34. The molecule has 0 unspecified atom stereocenters. The maximum absolute atomic E-state index is 11.9. The number of nitro groups is 1. The lowest BCUT2D eigenvalue weighted by molar-refractivity contribution is -0.497. The average Bonchev–Trinajstić information content (AvgIpc) is 3.12. The Morgan fingerprint density at radius 3 is 2.90 bits per heavy atom. The zero-order chi connectivity index (χ0) is 15.1. The normalized spacial score (nSPS) is 20.7. The standard InChI is InChI=1S/C14H16N4O3/c1-8(2)17-7-9-5-10(3-4-12(9)16-17)15-14(19)11-6-13(11)18(20)21/h3-5,7-8,11,13H,6H2,1-2H3,(H,15,19)/t11-,13-/m1/s1. The number of carbonyl (C=O) groups excluding carboxylic acids is 1. The van der Waals surface area contributed by atoms with Crippen molar-refractivity contribution in [1.29, 1.82) is 0 Å². The molecule has 7 heteroatoms. The topological polar surface area (TPSA) is 90.1 Å². The van der Waals surface area contributed by atoms with Crippen LogP contribution in [0.4, 0.5) is 5.69 Å². The van der Waals surface area contributed by atoms with E-state index in [9.17, 15) is 14.9 Å². The minimum atomic E-state index is -0.725. The third kappa shape index (κ3) is 2.58. The van der Waals surface area contributed by atoms with Gasteiger partial charge in [0.15, 0.2) is 0 Å². The number of amides is 1. The third-order valence-corrected chi connectivity index (χ3v) is 3.68. The van der Waals surface area contributed by atoms with E-state index in [1.54, 1.807) is 6.07 Å². The van der Waals surface area contributed by atoms with E-state index in [0.29, 0.717) is 12.1 Å². The number of nitrogens with zero attached hydrogens (tertiary/aromatic N) is 3. The molecule has 110 valence electrons. The van der Waals surface area contributed by atoms with E-state index in [2.05, 4.69) is 10.4 Å². The van der Waals surface area contributed by atoms with Crippen LogP contribution in [0.5, 0.6) is 0 Å². The van der Waals surface area contributed by atoms with Crippen molar-refractivity contribution in [2.45, 2.75) is 32.4 Å². The largest absolute Gasteiger partial charge is 0.326 e. The lowest BCUT2D eigenvalue weighted by Crippen LogP contribution is -2.18. The number of rotatable bonds is 4. The molecule has 1 N–H and O–H groups in total. The van der Waals surface area contributed by atoms with Crippen LogP contribution in [0, 0.1) is 16.0 Å². The molecule has 0 spiro atoms. The van der Waals surface area contributed by atoms with Crippen molar-refractivity contribution in [1.82, 2.24) is 9.78 Å². The van der Waals surface area contributed by atoms with Gasteiger partial charge in [-0.05, 0) is 32.0 Å². The van der Waals surface area contributed by atoms with E-state index in [0.717, 1.165) is 10.9 Å². The second-order valence-electron chi connectivity index (χ2n) is 5.66. The SMILES string of the molecule is CC(C)n1cc2cc(NC(=O)[C@@H]3C[C@H]3[N+](=O)[O-])ccc2n1. The first kappa shape index (κ1) is 13.5. The second-order valence-corrected chi connectivity index (χ2v) is 5.66. The number of aromatic nitrogens is 2. The molecule has 7 nitrogen and oxygen atoms in total. The highest BCUT2D eigenvalue weighted by atomic mass is 16.6. The molecule has 0 radical (unpaired) electrons. The molecule has 1 amide bonds. The lowest BCUT2D eigenvalue weighted by atomic mass is 10.2. The maximum atomic E-state index is 11.9. The van der Waals surface area contributed by atoms with Gasteiger partial charge in [-0.25, -0.2) is 0 Å². The van der Waals surface area contributed by atoms with Crippen LogP contribution in [0.3, 0.4) is 0 Å². The van der Waals surface area contributed by atoms with Gasteiger partial charge < -0.3 is 5.32 Å². The predicted molar refractivity (Wildman–Crippen MR) is 77.6 cm³/mol. The monoisotopic (exact) mass is 288 g/mol. The number of benzene rings is 1. The van der Waals surface area contributed by atoms with Crippen LogP contribution in [0.1, 0.15) is 26.3 Å². The predicted octanol–water partition coefficient (Wildman–Crippen LogP) is 2.22. The fraction of sp³-hybridized carbons (Fsp3) is 0.429. The average molecular weight is 288 g/mol. The smallest absolute Gasteiger partial charge is 0.234 e. The van der Waals surface area contributed by atoms with Gasteiger partial charge in [-0.15, -0.1) is 0 Å². The van der Waals surface area contributed by atoms with Crippen molar-refractivity contribution in [3.63, 3.8) is 0 Å². The number of hydrogen-bond acceptors (Lipinski definition) is 4. The van der Waals surface area contributed by atoms with Crippen molar-refractivity contribution in [3.05, 3.63) is 34.5 Å². The molecule has 1 heterocycles. The lowest BCUT2D eigenvalue weighted by Gasteiger charge is -2.03. The molecule has 1 aliphatic carbocycles. The Bertz CT molecular complexity index is 722. The van der Waals surface area contributed by atoms with Crippen molar-refractivity contribution in [3.8, 4) is 0 Å². The third-order valence-electron chi connectivity index (χ3n) is 3.68. The van der Waals surface area contributed by atoms with Gasteiger partial charge in [0.1, 0.15) is 5.92 Å². The summed E-state index contributed by atoms with van der Waals surface area (Å²) < 4.78 is 1.86. The number of anilines is 1. The van der Waals surface area contributed by atoms with Crippen molar-refractivity contribution >= 4 is 22.5 Å². The van der Waals surface area contributed by atoms with Gasteiger partial charge in [-0.1, -0.05) is 0 Å². The van der Waals surface area contributed by atoms with Crippen LogP contribution in [-0.4, -0.2) is 26.7 Å². The molecule has 3 rings (SSSR count). The molecule has 0 saturated heterocycles. The molecular formula is C14H16N4O3. The molecule has 2 aromatic rings. The van der Waals surface area contributed by atoms with Gasteiger partial charge in [-0.3, -0.25) is 19.6 Å². The van der Waals surface area contributed by atoms with Crippen LogP contribution in [-0.2, 0) is 4.79 Å². The van der Waals surface area contributed by atoms with Gasteiger partial charge in [0, 0.05) is 34.7 Å². The molecule has 2 atom stereocenters. The van der Waals surface area contributed by atoms with E-state index < -0.39 is 12.0 Å². The van der Waals surface area contributed by atoms with E-state index in [1.807, 2.05) is 36.9 Å². The van der Waals surface area contributed by atoms with E-state index in [-0.39, 0.29) is 16.9 Å². The number of carbonyl (C=O) groups is 1. The summed E-state index contributed by atoms with van der Waals surface area (Å²) in [7, 11) is 0. The molecule has 21 heavy (non-hydrogen) atoms. The summed E-state index contributed by atoms with van der Waals surface area (Å²) in [6, 6.07) is 4.98. The minimum Gasteiger partial charge on any atom is -0.326 e. The molecule has 0 bridgehead atoms. The van der Waals surface area contributed by atoms with E-state index in [1.165, 1.54) is 0 Å². The number of hydrogen-bond donors (Lipinski definition) is 1. The zero-order valence-corrected chi connectivity index (χ0v) is 11.8. The van der Waals surface area contributed by atoms with Crippen molar-refractivity contribution in [2.24, 2.45) is 5.92 Å². The Kier molecular flexibility index (Phi) is 3.12. The maximum Gasteiger partial charge on any atom is 0.234 e. The highest BCUT2D eigenvalue weighted by molar-refractivity contribution is 5.96. The second kappa shape index (κ2) is 4.83. The Morgan fingerprint density at radius 1 is 1.52 bits per heavy atom. The van der Waals surface area contributed by atoms with E-state index in [4.69, 9.17) is 0 Å². The molecule has 1 aliphatic rings. The molecule has 1 fully saturated rings. The highest BCUT2D eigenvalue weighted by Gasteiger charge is 2.53. The first-order valence-electron chi connectivity index (χ1n) is 6.89. The van der Waals surface area contributed by atoms with Gasteiger partial charge in [-0.2, -0.15) is 5.10 Å². The quantitative estimate of drug-likeness (QED) is 0.690. The first-order chi connectivity index (χ1) is 9.95. The molecule has 0 aliphatic heterocycles. The summed E-state index contributed by atoms with van der Waals surface area (Å²) in [6.07, 6.45) is 2.25.